The first kappa shape index (κ1) is 24.8. The highest BCUT2D eigenvalue weighted by Gasteiger charge is 2.27. The van der Waals surface area contributed by atoms with E-state index >= 15 is 0 Å². The van der Waals surface area contributed by atoms with E-state index < -0.39 is 22.5 Å². The van der Waals surface area contributed by atoms with Gasteiger partial charge in [0.15, 0.2) is 11.5 Å². The van der Waals surface area contributed by atoms with Crippen molar-refractivity contribution in [3.63, 3.8) is 0 Å². The Hall–Kier alpha value is -3.85. The number of hydrogen-bond donors (Lipinski definition) is 1. The number of anilines is 1. The second-order valence-electron chi connectivity index (χ2n) is 7.47. The molecule has 0 aliphatic heterocycles. The molecule has 0 unspecified atom stereocenters. The molecule has 9 heteroatoms. The van der Waals surface area contributed by atoms with Crippen molar-refractivity contribution in [1.82, 2.24) is 5.43 Å². The van der Waals surface area contributed by atoms with Crippen LogP contribution in [0.25, 0.3) is 0 Å². The predicted molar refractivity (Wildman–Crippen MR) is 132 cm³/mol. The van der Waals surface area contributed by atoms with Gasteiger partial charge in [-0.25, -0.2) is 13.8 Å². The molecule has 1 N–H and O–H groups in total. The molecule has 178 valence electrons. The lowest BCUT2D eigenvalue weighted by Crippen LogP contribution is -2.39. The Morgan fingerprint density at radius 1 is 0.941 bits per heavy atom. The average Bonchev–Trinajstić information content (AvgIpc) is 2.85. The summed E-state index contributed by atoms with van der Waals surface area (Å²) in [5.74, 6) is 0.518. The highest BCUT2D eigenvalue weighted by molar-refractivity contribution is 7.92. The van der Waals surface area contributed by atoms with Crippen LogP contribution in [-0.4, -0.2) is 40.8 Å². The Morgan fingerprint density at radius 3 is 2.29 bits per heavy atom. The maximum Gasteiger partial charge on any atom is 0.264 e. The van der Waals surface area contributed by atoms with Gasteiger partial charge in [0.25, 0.3) is 15.9 Å². The zero-order valence-corrected chi connectivity index (χ0v) is 20.3. The number of methoxy groups -OCH3 is 2. The van der Waals surface area contributed by atoms with Crippen LogP contribution in [0.3, 0.4) is 0 Å². The summed E-state index contributed by atoms with van der Waals surface area (Å²) in [4.78, 5) is 12.9. The monoisotopic (exact) mass is 481 g/mol. The lowest BCUT2D eigenvalue weighted by atomic mass is 10.1. The van der Waals surface area contributed by atoms with E-state index in [1.165, 1.54) is 19.2 Å². The summed E-state index contributed by atoms with van der Waals surface area (Å²) in [6.45, 7) is 3.14. The number of carbonyl (C=O) groups is 1. The number of amides is 1. The van der Waals surface area contributed by atoms with Gasteiger partial charge >= 0.3 is 0 Å². The van der Waals surface area contributed by atoms with Crippen molar-refractivity contribution in [2.45, 2.75) is 18.7 Å². The van der Waals surface area contributed by atoms with Crippen LogP contribution in [0.1, 0.15) is 18.1 Å². The van der Waals surface area contributed by atoms with E-state index in [2.05, 4.69) is 10.5 Å². The lowest BCUT2D eigenvalue weighted by Gasteiger charge is -2.24. The Labute approximate surface area is 199 Å². The smallest absolute Gasteiger partial charge is 0.264 e. The molecule has 0 aliphatic rings. The van der Waals surface area contributed by atoms with Crippen LogP contribution < -0.4 is 19.2 Å². The second kappa shape index (κ2) is 10.8. The summed E-state index contributed by atoms with van der Waals surface area (Å²) in [7, 11) is -0.905. The molecule has 0 atom stereocenters. The molecule has 3 rings (SSSR count). The van der Waals surface area contributed by atoms with Crippen LogP contribution in [0, 0.1) is 6.92 Å². The number of hydrazone groups is 1. The van der Waals surface area contributed by atoms with Gasteiger partial charge in [0.05, 0.1) is 30.5 Å². The number of hydrogen-bond acceptors (Lipinski definition) is 6. The van der Waals surface area contributed by atoms with Crippen molar-refractivity contribution in [1.29, 1.82) is 0 Å². The standard InChI is InChI=1S/C25H27N3O5S/c1-18-9-8-10-21(15-18)28(34(30,31)22-11-6-5-7-12-22)17-25(29)27-26-19(2)20-13-14-23(32-3)24(16-20)33-4/h5-16H,17H2,1-4H3,(H,27,29)/b26-19-. The van der Waals surface area contributed by atoms with Gasteiger partial charge in [0.1, 0.15) is 6.54 Å². The van der Waals surface area contributed by atoms with Crippen LogP contribution >= 0.6 is 0 Å². The number of benzene rings is 3. The van der Waals surface area contributed by atoms with Crippen LogP contribution in [0.5, 0.6) is 11.5 Å². The van der Waals surface area contributed by atoms with Crippen molar-refractivity contribution < 1.29 is 22.7 Å². The molecule has 0 saturated carbocycles. The summed E-state index contributed by atoms with van der Waals surface area (Å²) in [5.41, 5.74) is 4.94. The van der Waals surface area contributed by atoms with Gasteiger partial charge in [-0.05, 0) is 61.9 Å². The Balaban J connectivity index is 1.85. The molecule has 0 aliphatic carbocycles. The molecule has 0 heterocycles. The third-order valence-corrected chi connectivity index (χ3v) is 6.85. The number of nitrogens with one attached hydrogen (secondary N) is 1. The van der Waals surface area contributed by atoms with Gasteiger partial charge in [-0.15, -0.1) is 0 Å². The van der Waals surface area contributed by atoms with E-state index in [1.54, 1.807) is 68.6 Å². The van der Waals surface area contributed by atoms with Gasteiger partial charge in [0.2, 0.25) is 0 Å². The fourth-order valence-electron chi connectivity index (χ4n) is 3.26. The molecule has 3 aromatic rings. The number of nitrogens with zero attached hydrogens (tertiary/aromatic N) is 2. The maximum atomic E-state index is 13.4. The fourth-order valence-corrected chi connectivity index (χ4v) is 4.69. The van der Waals surface area contributed by atoms with Crippen LogP contribution in [0.2, 0.25) is 0 Å². The Bertz CT molecular complexity index is 1290. The maximum absolute atomic E-state index is 13.4. The van der Waals surface area contributed by atoms with Crippen LogP contribution in [0.4, 0.5) is 5.69 Å². The topological polar surface area (TPSA) is 97.3 Å². The minimum Gasteiger partial charge on any atom is -0.493 e. The molecule has 0 saturated heterocycles. The third-order valence-electron chi connectivity index (χ3n) is 5.06. The SMILES string of the molecule is COc1ccc(/C(C)=N\NC(=O)CN(c2cccc(C)c2)S(=O)(=O)c2ccccc2)cc1OC. The molecule has 3 aromatic carbocycles. The zero-order valence-electron chi connectivity index (χ0n) is 19.5. The Kier molecular flexibility index (Phi) is 7.91. The molecular formula is C25H27N3O5S. The average molecular weight is 482 g/mol. The van der Waals surface area contributed by atoms with Gasteiger partial charge in [-0.3, -0.25) is 9.10 Å². The van der Waals surface area contributed by atoms with Gasteiger partial charge in [-0.1, -0.05) is 30.3 Å². The minimum atomic E-state index is -3.98. The number of ether oxygens (including phenoxy) is 2. The highest BCUT2D eigenvalue weighted by Crippen LogP contribution is 2.28. The predicted octanol–water partition coefficient (Wildman–Crippen LogP) is 3.75. The van der Waals surface area contributed by atoms with Crippen molar-refractivity contribution in [3.05, 3.63) is 83.9 Å². The quantitative estimate of drug-likeness (QED) is 0.371. The van der Waals surface area contributed by atoms with E-state index in [-0.39, 0.29) is 4.90 Å². The first-order chi connectivity index (χ1) is 16.3. The van der Waals surface area contributed by atoms with Crippen molar-refractivity contribution in [2.24, 2.45) is 5.10 Å². The number of carbonyl (C=O) groups excluding carboxylic acids is 1. The largest absolute Gasteiger partial charge is 0.493 e. The molecule has 0 fully saturated rings. The molecular weight excluding hydrogens is 454 g/mol. The van der Waals surface area contributed by atoms with Crippen LogP contribution in [0.15, 0.2) is 82.8 Å². The molecule has 34 heavy (non-hydrogen) atoms. The van der Waals surface area contributed by atoms with E-state index in [1.807, 2.05) is 13.0 Å². The van der Waals surface area contributed by atoms with E-state index in [0.29, 0.717) is 28.5 Å². The summed E-state index contributed by atoms with van der Waals surface area (Å²) in [5, 5.41) is 4.14. The normalized spacial score (nSPS) is 11.6. The molecule has 1 amide bonds. The Morgan fingerprint density at radius 2 is 1.65 bits per heavy atom. The fraction of sp³-hybridized carbons (Fsp3) is 0.200. The summed E-state index contributed by atoms with van der Waals surface area (Å²) in [6, 6.07) is 20.2. The van der Waals surface area contributed by atoms with Crippen LogP contribution in [-0.2, 0) is 14.8 Å². The molecule has 0 radical (unpaired) electrons. The molecule has 0 spiro atoms. The number of sulfonamides is 1. The first-order valence-corrected chi connectivity index (χ1v) is 11.9. The minimum absolute atomic E-state index is 0.0920. The van der Waals surface area contributed by atoms with Gasteiger partial charge in [-0.2, -0.15) is 5.10 Å². The highest BCUT2D eigenvalue weighted by atomic mass is 32.2. The van der Waals surface area contributed by atoms with E-state index in [4.69, 9.17) is 9.47 Å². The first-order valence-electron chi connectivity index (χ1n) is 10.5. The third kappa shape index (κ3) is 5.74. The number of aryl methyl sites for hydroxylation is 1. The summed E-state index contributed by atoms with van der Waals surface area (Å²) in [6.07, 6.45) is 0. The molecule has 8 nitrogen and oxygen atoms in total. The van der Waals surface area contributed by atoms with E-state index in [9.17, 15) is 13.2 Å². The van der Waals surface area contributed by atoms with Crippen molar-refractivity contribution >= 4 is 27.3 Å². The van der Waals surface area contributed by atoms with Gasteiger partial charge in [0, 0.05) is 5.56 Å². The second-order valence-corrected chi connectivity index (χ2v) is 9.33. The summed E-state index contributed by atoms with van der Waals surface area (Å²) < 4.78 is 38.3. The lowest BCUT2D eigenvalue weighted by molar-refractivity contribution is -0.119. The summed E-state index contributed by atoms with van der Waals surface area (Å²) >= 11 is 0. The number of rotatable bonds is 9. The molecule has 0 aromatic heterocycles. The van der Waals surface area contributed by atoms with Crippen molar-refractivity contribution in [3.8, 4) is 11.5 Å². The molecule has 0 bridgehead atoms. The van der Waals surface area contributed by atoms with E-state index in [0.717, 1.165) is 9.87 Å². The van der Waals surface area contributed by atoms with Gasteiger partial charge < -0.3 is 9.47 Å². The zero-order chi connectivity index (χ0) is 24.7. The van der Waals surface area contributed by atoms with Crippen molar-refractivity contribution in [2.75, 3.05) is 25.1 Å².